The molecule has 0 aromatic carbocycles. The Morgan fingerprint density at radius 1 is 1.35 bits per heavy atom. The molecular weight excluding hydrogens is 306 g/mol. The van der Waals surface area contributed by atoms with Crippen molar-refractivity contribution in [2.45, 2.75) is 52.9 Å². The third-order valence-corrected chi connectivity index (χ3v) is 5.08. The lowest BCUT2D eigenvalue weighted by Gasteiger charge is -2.28. The van der Waals surface area contributed by atoms with E-state index in [-0.39, 0.29) is 0 Å². The predicted molar refractivity (Wildman–Crippen MR) is 94.7 cm³/mol. The zero-order valence-corrected chi connectivity index (χ0v) is 15.7. The molecule has 0 unspecified atom stereocenters. The first-order valence-corrected chi connectivity index (χ1v) is 9.19. The number of hydrogen-bond donors (Lipinski definition) is 0. The summed E-state index contributed by atoms with van der Waals surface area (Å²) in [5.41, 5.74) is 5.32. The molecule has 0 N–H and O–H groups in total. The van der Waals surface area contributed by atoms with Crippen LogP contribution in [0.2, 0.25) is 0 Å². The Morgan fingerprint density at radius 2 is 2.13 bits per heavy atom. The van der Waals surface area contributed by atoms with Crippen molar-refractivity contribution in [3.63, 3.8) is 0 Å². The summed E-state index contributed by atoms with van der Waals surface area (Å²) in [6.45, 7) is 10.4. The second kappa shape index (κ2) is 6.71. The van der Waals surface area contributed by atoms with Gasteiger partial charge < -0.3 is 4.90 Å². The van der Waals surface area contributed by atoms with Gasteiger partial charge in [-0.25, -0.2) is 4.98 Å². The molecule has 3 rings (SSSR count). The minimum Gasteiger partial charge on any atom is -0.303 e. The minimum absolute atomic E-state index is 0.404. The molecule has 3 heterocycles. The molecular formula is C17H27N5S. The van der Waals surface area contributed by atoms with E-state index in [9.17, 15) is 0 Å². The fraction of sp³-hybridized carbons (Fsp3) is 0.647. The number of fused-ring (bicyclic) bond motifs is 1. The molecule has 1 aliphatic heterocycles. The predicted octanol–water partition coefficient (Wildman–Crippen LogP) is 2.85. The molecule has 1 aliphatic rings. The average molecular weight is 334 g/mol. The van der Waals surface area contributed by atoms with Gasteiger partial charge in [0, 0.05) is 43.2 Å². The summed E-state index contributed by atoms with van der Waals surface area (Å²) in [6, 6.07) is 0.404. The maximum absolute atomic E-state index is 4.91. The number of thiazole rings is 1. The van der Waals surface area contributed by atoms with E-state index in [1.807, 2.05) is 0 Å². The first-order valence-electron chi connectivity index (χ1n) is 8.31. The van der Waals surface area contributed by atoms with Crippen LogP contribution < -0.4 is 0 Å². The summed E-state index contributed by atoms with van der Waals surface area (Å²) in [6.07, 6.45) is 1.09. The summed E-state index contributed by atoms with van der Waals surface area (Å²) in [7, 11) is 4.22. The molecule has 0 atom stereocenters. The number of nitrogens with zero attached hydrogens (tertiary/aromatic N) is 5. The monoisotopic (exact) mass is 333 g/mol. The van der Waals surface area contributed by atoms with E-state index < -0.39 is 0 Å². The van der Waals surface area contributed by atoms with E-state index in [0.29, 0.717) is 6.04 Å². The van der Waals surface area contributed by atoms with Crippen molar-refractivity contribution in [3.8, 4) is 0 Å². The Balaban J connectivity index is 1.82. The quantitative estimate of drug-likeness (QED) is 0.843. The van der Waals surface area contributed by atoms with E-state index in [4.69, 9.17) is 5.10 Å². The van der Waals surface area contributed by atoms with E-state index in [0.717, 1.165) is 37.6 Å². The van der Waals surface area contributed by atoms with Gasteiger partial charge in [-0.2, -0.15) is 5.10 Å². The van der Waals surface area contributed by atoms with Gasteiger partial charge in [0.15, 0.2) is 0 Å². The molecule has 0 fully saturated rings. The molecule has 23 heavy (non-hydrogen) atoms. The summed E-state index contributed by atoms with van der Waals surface area (Å²) >= 11 is 1.74. The van der Waals surface area contributed by atoms with Crippen molar-refractivity contribution in [1.29, 1.82) is 0 Å². The minimum atomic E-state index is 0.404. The molecule has 0 radical (unpaired) electrons. The summed E-state index contributed by atoms with van der Waals surface area (Å²) in [5.74, 6) is 0. The van der Waals surface area contributed by atoms with Gasteiger partial charge in [-0.1, -0.05) is 0 Å². The number of hydrogen-bond acceptors (Lipinski definition) is 5. The van der Waals surface area contributed by atoms with Crippen LogP contribution in [0.25, 0.3) is 0 Å². The van der Waals surface area contributed by atoms with Crippen LogP contribution in [0.4, 0.5) is 0 Å². The van der Waals surface area contributed by atoms with Crippen LogP contribution in [-0.2, 0) is 26.1 Å². The van der Waals surface area contributed by atoms with Gasteiger partial charge in [0.05, 0.1) is 22.1 Å². The summed E-state index contributed by atoms with van der Waals surface area (Å²) in [5, 5.41) is 8.25. The fourth-order valence-electron chi connectivity index (χ4n) is 3.27. The van der Waals surface area contributed by atoms with Crippen LogP contribution in [0.1, 0.15) is 47.5 Å². The Morgan fingerprint density at radius 3 is 2.74 bits per heavy atom. The van der Waals surface area contributed by atoms with Crippen molar-refractivity contribution in [1.82, 2.24) is 24.6 Å². The number of aromatic nitrogens is 3. The Labute approximate surface area is 142 Å². The lowest BCUT2D eigenvalue weighted by atomic mass is 10.0. The van der Waals surface area contributed by atoms with Crippen LogP contribution in [0, 0.1) is 6.92 Å². The van der Waals surface area contributed by atoms with E-state index in [1.54, 1.807) is 11.3 Å². The zero-order chi connectivity index (χ0) is 16.6. The van der Waals surface area contributed by atoms with Crippen molar-refractivity contribution < 1.29 is 0 Å². The maximum Gasteiger partial charge on any atom is 0.0897 e. The van der Waals surface area contributed by atoms with E-state index in [1.165, 1.54) is 22.6 Å². The van der Waals surface area contributed by atoms with Crippen molar-refractivity contribution >= 4 is 11.3 Å². The molecule has 0 saturated carbocycles. The SMILES string of the molecule is Cc1nc(CN2CCc3c(CN(C)C)nn(C(C)C)c3C2)cs1. The molecule has 2 aromatic heterocycles. The molecule has 2 aromatic rings. The Bertz CT molecular complexity index is 671. The van der Waals surface area contributed by atoms with Gasteiger partial charge in [-0.15, -0.1) is 11.3 Å². The first-order chi connectivity index (χ1) is 10.9. The van der Waals surface area contributed by atoms with Gasteiger partial charge in [0.2, 0.25) is 0 Å². The highest BCUT2D eigenvalue weighted by molar-refractivity contribution is 7.09. The highest BCUT2D eigenvalue weighted by Crippen LogP contribution is 2.26. The third kappa shape index (κ3) is 3.65. The van der Waals surface area contributed by atoms with Crippen LogP contribution in [0.3, 0.4) is 0 Å². The molecule has 0 saturated heterocycles. The van der Waals surface area contributed by atoms with E-state index >= 15 is 0 Å². The van der Waals surface area contributed by atoms with Gasteiger partial charge in [0.1, 0.15) is 0 Å². The number of aryl methyl sites for hydroxylation is 1. The standard InChI is InChI=1S/C17H27N5S/c1-12(2)22-17-10-21(8-14-11-23-13(3)18-14)7-6-15(17)16(19-22)9-20(4)5/h11-12H,6-10H2,1-5H3. The van der Waals surface area contributed by atoms with Gasteiger partial charge in [-0.3, -0.25) is 9.58 Å². The zero-order valence-electron chi connectivity index (χ0n) is 14.8. The third-order valence-electron chi connectivity index (χ3n) is 4.26. The van der Waals surface area contributed by atoms with Crippen LogP contribution in [-0.4, -0.2) is 45.2 Å². The molecule has 0 aliphatic carbocycles. The highest BCUT2D eigenvalue weighted by atomic mass is 32.1. The fourth-order valence-corrected chi connectivity index (χ4v) is 3.88. The normalized spacial score (nSPS) is 15.6. The molecule has 0 spiro atoms. The summed E-state index contributed by atoms with van der Waals surface area (Å²) < 4.78 is 2.23. The largest absolute Gasteiger partial charge is 0.303 e. The van der Waals surface area contributed by atoms with Crippen molar-refractivity contribution in [2.24, 2.45) is 0 Å². The molecule has 0 bridgehead atoms. The topological polar surface area (TPSA) is 37.2 Å². The second-order valence-electron chi connectivity index (χ2n) is 6.97. The smallest absolute Gasteiger partial charge is 0.0897 e. The van der Waals surface area contributed by atoms with Gasteiger partial charge in [-0.05, 0) is 41.3 Å². The lowest BCUT2D eigenvalue weighted by Crippen LogP contribution is -2.31. The van der Waals surface area contributed by atoms with Crippen LogP contribution in [0.15, 0.2) is 5.38 Å². The molecule has 6 heteroatoms. The van der Waals surface area contributed by atoms with Gasteiger partial charge >= 0.3 is 0 Å². The number of rotatable bonds is 5. The summed E-state index contributed by atoms with van der Waals surface area (Å²) in [4.78, 5) is 9.31. The Kier molecular flexibility index (Phi) is 4.85. The molecule has 0 amide bonds. The molecule has 126 valence electrons. The van der Waals surface area contributed by atoms with Gasteiger partial charge in [0.25, 0.3) is 0 Å². The maximum atomic E-state index is 4.91. The Hall–Kier alpha value is -1.24. The van der Waals surface area contributed by atoms with Crippen LogP contribution >= 0.6 is 11.3 Å². The first kappa shape index (κ1) is 16.6. The molecule has 5 nitrogen and oxygen atoms in total. The average Bonchev–Trinajstić information content (AvgIpc) is 3.03. The van der Waals surface area contributed by atoms with E-state index in [2.05, 4.69) is 59.7 Å². The van der Waals surface area contributed by atoms with Crippen molar-refractivity contribution in [2.75, 3.05) is 20.6 Å². The highest BCUT2D eigenvalue weighted by Gasteiger charge is 2.26. The van der Waals surface area contributed by atoms with Crippen LogP contribution in [0.5, 0.6) is 0 Å². The lowest BCUT2D eigenvalue weighted by molar-refractivity contribution is 0.232. The van der Waals surface area contributed by atoms with Crippen molar-refractivity contribution in [3.05, 3.63) is 33.0 Å². The second-order valence-corrected chi connectivity index (χ2v) is 8.03.